The number of hydrogen-bond acceptors (Lipinski definition) is 9. The molecule has 3 heterocycles. The minimum Gasteiger partial charge on any atom is -0.374 e. The summed E-state index contributed by atoms with van der Waals surface area (Å²) in [6.45, 7) is 2.98. The van der Waals surface area contributed by atoms with Crippen LogP contribution in [0.4, 0.5) is 23.1 Å². The molecule has 1 atom stereocenters. The second-order valence-corrected chi connectivity index (χ2v) is 8.15. The Kier molecular flexibility index (Phi) is 6.85. The second-order valence-electron chi connectivity index (χ2n) is 8.15. The smallest absolute Gasteiger partial charge is 0.227 e. The van der Waals surface area contributed by atoms with E-state index in [1.807, 2.05) is 18.2 Å². The van der Waals surface area contributed by atoms with Crippen molar-refractivity contribution in [3.8, 4) is 17.3 Å². The van der Waals surface area contributed by atoms with Crippen LogP contribution >= 0.6 is 0 Å². The monoisotopic (exact) mass is 458 g/mol. The van der Waals surface area contributed by atoms with E-state index in [9.17, 15) is 15.2 Å². The minimum absolute atomic E-state index is 0.103. The molecule has 34 heavy (non-hydrogen) atoms. The van der Waals surface area contributed by atoms with E-state index in [0.29, 0.717) is 54.6 Å². The lowest BCUT2D eigenvalue weighted by Crippen LogP contribution is -2.38. The van der Waals surface area contributed by atoms with E-state index < -0.39 is 6.23 Å². The molecule has 1 saturated heterocycles. The molecule has 1 aromatic carbocycles. The quantitative estimate of drug-likeness (QED) is 0.391. The summed E-state index contributed by atoms with van der Waals surface area (Å²) in [6.07, 6.45) is 3.94. The van der Waals surface area contributed by atoms with Crippen molar-refractivity contribution in [1.82, 2.24) is 15.0 Å². The summed E-state index contributed by atoms with van der Waals surface area (Å²) in [5, 5.41) is 25.1. The largest absolute Gasteiger partial charge is 0.374 e. The van der Waals surface area contributed by atoms with Gasteiger partial charge in [-0.2, -0.15) is 5.26 Å². The van der Waals surface area contributed by atoms with Gasteiger partial charge >= 0.3 is 0 Å². The number of amides is 1. The van der Waals surface area contributed by atoms with E-state index in [-0.39, 0.29) is 11.8 Å². The van der Waals surface area contributed by atoms with Gasteiger partial charge in [-0.3, -0.25) is 4.79 Å². The Morgan fingerprint density at radius 3 is 2.68 bits per heavy atom. The fraction of sp³-hybridized carbons (Fsp3) is 0.292. The first-order valence-electron chi connectivity index (χ1n) is 11.0. The normalized spacial score (nSPS) is 14.8. The van der Waals surface area contributed by atoms with Gasteiger partial charge in [-0.15, -0.1) is 0 Å². The number of aliphatic hydroxyl groups is 1. The van der Waals surface area contributed by atoms with Crippen molar-refractivity contribution in [2.24, 2.45) is 11.7 Å². The number of carbonyl (C=O) groups excluding carboxylic acids is 1. The van der Waals surface area contributed by atoms with Crippen LogP contribution in [0.15, 0.2) is 48.8 Å². The minimum atomic E-state index is -0.696. The topological polar surface area (TPSA) is 153 Å². The van der Waals surface area contributed by atoms with Crippen LogP contribution in [0.2, 0.25) is 0 Å². The number of piperidine rings is 1. The molecule has 5 N–H and O–H groups in total. The number of nitrogens with zero attached hydrogens (tertiary/aromatic N) is 5. The zero-order valence-electron chi connectivity index (χ0n) is 18.8. The summed E-state index contributed by atoms with van der Waals surface area (Å²) >= 11 is 0. The number of nitrogens with one attached hydrogen (secondary N) is 2. The molecule has 0 bridgehead atoms. The van der Waals surface area contributed by atoms with Gasteiger partial charge < -0.3 is 26.4 Å². The molecule has 4 rings (SSSR count). The Morgan fingerprint density at radius 2 is 2.03 bits per heavy atom. The molecule has 1 unspecified atom stereocenters. The molecule has 2 aromatic heterocycles. The highest BCUT2D eigenvalue weighted by Gasteiger charge is 2.24. The maximum Gasteiger partial charge on any atom is 0.227 e. The van der Waals surface area contributed by atoms with Gasteiger partial charge in [0.15, 0.2) is 0 Å². The number of carbonyl (C=O) groups is 1. The number of anilines is 4. The van der Waals surface area contributed by atoms with Gasteiger partial charge in [0, 0.05) is 30.8 Å². The number of nitrogens with two attached hydrogens (primary N) is 1. The van der Waals surface area contributed by atoms with Gasteiger partial charge in [-0.25, -0.2) is 15.0 Å². The third-order valence-corrected chi connectivity index (χ3v) is 5.68. The van der Waals surface area contributed by atoms with Crippen LogP contribution in [0.1, 0.15) is 25.3 Å². The van der Waals surface area contributed by atoms with E-state index in [4.69, 9.17) is 5.73 Å². The van der Waals surface area contributed by atoms with Crippen LogP contribution in [-0.4, -0.2) is 45.3 Å². The summed E-state index contributed by atoms with van der Waals surface area (Å²) in [4.78, 5) is 26.6. The first-order chi connectivity index (χ1) is 16.4. The predicted molar refractivity (Wildman–Crippen MR) is 129 cm³/mol. The Hall–Kier alpha value is -4.23. The molecule has 10 nitrogen and oxygen atoms in total. The average molecular weight is 459 g/mol. The van der Waals surface area contributed by atoms with Crippen molar-refractivity contribution in [3.05, 3.63) is 54.4 Å². The van der Waals surface area contributed by atoms with Gasteiger partial charge in [0.1, 0.15) is 18.1 Å². The molecule has 1 aliphatic rings. The lowest BCUT2D eigenvalue weighted by molar-refractivity contribution is -0.122. The maximum absolute atomic E-state index is 11.4. The number of nitriles is 1. The Labute approximate surface area is 197 Å². The Bertz CT molecular complexity index is 1200. The SMILES string of the molecule is CC(O)Nc1ccc(Nc2nccc(-c3ccc(N4CCC(C(N)=O)CC4)c(C#N)c3)n2)cn1. The van der Waals surface area contributed by atoms with E-state index in [0.717, 1.165) is 11.3 Å². The first kappa shape index (κ1) is 22.9. The van der Waals surface area contributed by atoms with Gasteiger partial charge in [0.05, 0.1) is 28.8 Å². The van der Waals surface area contributed by atoms with Crippen LogP contribution in [0.5, 0.6) is 0 Å². The van der Waals surface area contributed by atoms with E-state index in [2.05, 4.69) is 36.6 Å². The predicted octanol–water partition coefficient (Wildman–Crippen LogP) is 2.61. The molecule has 0 saturated carbocycles. The van der Waals surface area contributed by atoms with Crippen LogP contribution < -0.4 is 21.3 Å². The van der Waals surface area contributed by atoms with Crippen molar-refractivity contribution in [2.75, 3.05) is 28.6 Å². The van der Waals surface area contributed by atoms with Gasteiger partial charge in [-0.05, 0) is 50.1 Å². The second kappa shape index (κ2) is 10.1. The van der Waals surface area contributed by atoms with E-state index in [1.54, 1.807) is 37.5 Å². The van der Waals surface area contributed by atoms with Crippen LogP contribution in [0.25, 0.3) is 11.3 Å². The third kappa shape index (κ3) is 5.39. The molecular formula is C24H26N8O2. The van der Waals surface area contributed by atoms with Crippen LogP contribution in [0.3, 0.4) is 0 Å². The van der Waals surface area contributed by atoms with Crippen LogP contribution in [-0.2, 0) is 4.79 Å². The molecule has 1 amide bonds. The summed E-state index contributed by atoms with van der Waals surface area (Å²) in [5.41, 5.74) is 9.00. The Morgan fingerprint density at radius 1 is 1.24 bits per heavy atom. The maximum atomic E-state index is 11.4. The lowest BCUT2D eigenvalue weighted by atomic mass is 9.95. The molecule has 10 heteroatoms. The first-order valence-corrected chi connectivity index (χ1v) is 11.0. The van der Waals surface area contributed by atoms with Crippen LogP contribution in [0, 0.1) is 17.2 Å². The molecule has 0 spiro atoms. The molecule has 174 valence electrons. The van der Waals surface area contributed by atoms with Gasteiger partial charge in [0.25, 0.3) is 0 Å². The number of pyridine rings is 1. The summed E-state index contributed by atoms with van der Waals surface area (Å²) in [6, 6.07) is 13.3. The zero-order chi connectivity index (χ0) is 24.1. The van der Waals surface area contributed by atoms with Gasteiger partial charge in [0.2, 0.25) is 11.9 Å². The highest BCUT2D eigenvalue weighted by Crippen LogP contribution is 2.30. The summed E-state index contributed by atoms with van der Waals surface area (Å²) in [5.74, 6) is 0.588. The van der Waals surface area contributed by atoms with Crippen molar-refractivity contribution < 1.29 is 9.90 Å². The number of aliphatic hydroxyl groups excluding tert-OH is 1. The van der Waals surface area contributed by atoms with Gasteiger partial charge in [-0.1, -0.05) is 6.07 Å². The summed E-state index contributed by atoms with van der Waals surface area (Å²) < 4.78 is 0. The number of aromatic nitrogens is 3. The molecule has 3 aromatic rings. The molecule has 0 aliphatic carbocycles. The van der Waals surface area contributed by atoms with Crippen molar-refractivity contribution >= 4 is 29.0 Å². The van der Waals surface area contributed by atoms with Crippen molar-refractivity contribution in [1.29, 1.82) is 5.26 Å². The molecule has 1 aliphatic heterocycles. The standard InChI is InChI=1S/C24H26N8O2/c1-15(33)29-22-5-3-19(14-28-22)30-24-27-9-6-20(31-24)17-2-4-21(18(12-17)13-25)32-10-7-16(8-11-32)23(26)34/h2-6,9,12,14-16,33H,7-8,10-11H2,1H3,(H2,26,34)(H,28,29)(H,27,30,31). The van der Waals surface area contributed by atoms with Crippen molar-refractivity contribution in [3.63, 3.8) is 0 Å². The molecular weight excluding hydrogens is 432 g/mol. The van der Waals surface area contributed by atoms with E-state index in [1.165, 1.54) is 0 Å². The fourth-order valence-corrected chi connectivity index (χ4v) is 3.94. The fourth-order valence-electron chi connectivity index (χ4n) is 3.94. The van der Waals surface area contributed by atoms with E-state index >= 15 is 0 Å². The highest BCUT2D eigenvalue weighted by molar-refractivity contribution is 5.77. The molecule has 0 radical (unpaired) electrons. The number of hydrogen-bond donors (Lipinski definition) is 4. The zero-order valence-corrected chi connectivity index (χ0v) is 18.8. The molecule has 1 fully saturated rings. The summed E-state index contributed by atoms with van der Waals surface area (Å²) in [7, 11) is 0. The number of primary amides is 1. The Balaban J connectivity index is 1.50. The number of benzene rings is 1. The average Bonchev–Trinajstić information content (AvgIpc) is 2.85. The highest BCUT2D eigenvalue weighted by atomic mass is 16.3. The third-order valence-electron chi connectivity index (χ3n) is 5.68. The number of rotatable bonds is 7. The van der Waals surface area contributed by atoms with Crippen molar-refractivity contribution in [2.45, 2.75) is 26.0 Å². The lowest BCUT2D eigenvalue weighted by Gasteiger charge is -2.33.